The summed E-state index contributed by atoms with van der Waals surface area (Å²) in [4.78, 5) is 12.4. The smallest absolute Gasteiger partial charge is 0.243 e. The Hall–Kier alpha value is -3.14. The molecule has 3 aromatic rings. The number of amides is 1. The molecule has 1 amide bonds. The van der Waals surface area contributed by atoms with Crippen molar-refractivity contribution < 1.29 is 4.79 Å². The van der Waals surface area contributed by atoms with Crippen molar-refractivity contribution in [1.82, 2.24) is 5.43 Å². The van der Waals surface area contributed by atoms with Gasteiger partial charge in [0.1, 0.15) is 0 Å². The molecule has 0 saturated heterocycles. The fourth-order valence-corrected chi connectivity index (χ4v) is 4.28. The SMILES string of the molecule is N/C(=N/NC(=O)C1CC1c1ccccc1)c1ccc2c3c(cccc13)CC2. The fourth-order valence-electron chi connectivity index (χ4n) is 4.28. The highest BCUT2D eigenvalue weighted by Crippen LogP contribution is 2.47. The molecular weight excluding hydrogens is 334 g/mol. The topological polar surface area (TPSA) is 67.5 Å². The predicted octanol–water partition coefficient (Wildman–Crippen LogP) is 3.48. The average molecular weight is 355 g/mol. The molecule has 2 atom stereocenters. The van der Waals surface area contributed by atoms with Crippen molar-refractivity contribution in [3.05, 3.63) is 82.9 Å². The number of amidine groups is 1. The minimum absolute atomic E-state index is 0.0169. The van der Waals surface area contributed by atoms with Gasteiger partial charge in [-0.25, -0.2) is 5.43 Å². The monoisotopic (exact) mass is 355 g/mol. The van der Waals surface area contributed by atoms with Crippen molar-refractivity contribution in [2.45, 2.75) is 25.2 Å². The first kappa shape index (κ1) is 16.1. The molecule has 0 aromatic heterocycles. The summed E-state index contributed by atoms with van der Waals surface area (Å²) in [6.45, 7) is 0. The van der Waals surface area contributed by atoms with Gasteiger partial charge in [-0.1, -0.05) is 60.7 Å². The lowest BCUT2D eigenvalue weighted by atomic mass is 9.99. The molecule has 0 radical (unpaired) electrons. The molecule has 5 rings (SSSR count). The van der Waals surface area contributed by atoms with Crippen molar-refractivity contribution in [3.63, 3.8) is 0 Å². The zero-order valence-corrected chi connectivity index (χ0v) is 15.0. The molecule has 2 aliphatic rings. The van der Waals surface area contributed by atoms with Crippen molar-refractivity contribution in [1.29, 1.82) is 0 Å². The summed E-state index contributed by atoms with van der Waals surface area (Å²) in [7, 11) is 0. The zero-order chi connectivity index (χ0) is 18.4. The number of hydrazone groups is 1. The van der Waals surface area contributed by atoms with E-state index in [0.717, 1.165) is 30.2 Å². The molecular formula is C23H21N3O. The fraction of sp³-hybridized carbons (Fsp3) is 0.217. The summed E-state index contributed by atoms with van der Waals surface area (Å²) in [5.41, 5.74) is 13.7. The first-order valence-electron chi connectivity index (χ1n) is 9.44. The Bertz CT molecular complexity index is 1060. The van der Waals surface area contributed by atoms with Crippen LogP contribution in [0, 0.1) is 5.92 Å². The van der Waals surface area contributed by atoms with Crippen LogP contribution in [-0.4, -0.2) is 11.7 Å². The average Bonchev–Trinajstić information content (AvgIpc) is 3.41. The lowest BCUT2D eigenvalue weighted by Crippen LogP contribution is -2.25. The second-order valence-corrected chi connectivity index (χ2v) is 7.44. The Balaban J connectivity index is 1.35. The van der Waals surface area contributed by atoms with Crippen LogP contribution in [0.3, 0.4) is 0 Å². The Morgan fingerprint density at radius 1 is 0.963 bits per heavy atom. The minimum atomic E-state index is -0.0577. The molecule has 4 heteroatoms. The van der Waals surface area contributed by atoms with Gasteiger partial charge in [-0.3, -0.25) is 4.79 Å². The number of carbonyl (C=O) groups excluding carboxylic acids is 1. The van der Waals surface area contributed by atoms with E-state index < -0.39 is 0 Å². The van der Waals surface area contributed by atoms with Crippen molar-refractivity contribution in [3.8, 4) is 0 Å². The van der Waals surface area contributed by atoms with Crippen LogP contribution in [0.1, 0.15) is 34.6 Å². The normalized spacial score (nSPS) is 20.7. The van der Waals surface area contributed by atoms with E-state index in [9.17, 15) is 4.79 Å². The van der Waals surface area contributed by atoms with Crippen LogP contribution in [0.5, 0.6) is 0 Å². The second-order valence-electron chi connectivity index (χ2n) is 7.44. The molecule has 1 fully saturated rings. The van der Waals surface area contributed by atoms with Gasteiger partial charge in [0.2, 0.25) is 5.91 Å². The Labute approximate surface area is 158 Å². The molecule has 27 heavy (non-hydrogen) atoms. The minimum Gasteiger partial charge on any atom is -0.382 e. The van der Waals surface area contributed by atoms with E-state index in [1.165, 1.54) is 22.1 Å². The molecule has 0 bridgehead atoms. The molecule has 2 unspecified atom stereocenters. The van der Waals surface area contributed by atoms with Gasteiger partial charge in [-0.15, -0.1) is 0 Å². The predicted molar refractivity (Wildman–Crippen MR) is 108 cm³/mol. The van der Waals surface area contributed by atoms with Crippen molar-refractivity contribution in [2.24, 2.45) is 16.8 Å². The Morgan fingerprint density at radius 3 is 2.56 bits per heavy atom. The van der Waals surface area contributed by atoms with E-state index in [0.29, 0.717) is 11.8 Å². The molecule has 3 aromatic carbocycles. The number of nitrogens with zero attached hydrogens (tertiary/aromatic N) is 1. The van der Waals surface area contributed by atoms with Crippen LogP contribution < -0.4 is 11.2 Å². The Kier molecular flexibility index (Phi) is 3.71. The largest absolute Gasteiger partial charge is 0.382 e. The molecule has 0 heterocycles. The lowest BCUT2D eigenvalue weighted by molar-refractivity contribution is -0.122. The van der Waals surface area contributed by atoms with Crippen LogP contribution in [0.25, 0.3) is 10.8 Å². The number of nitrogens with two attached hydrogens (primary N) is 1. The van der Waals surface area contributed by atoms with Crippen LogP contribution in [0.4, 0.5) is 0 Å². The summed E-state index contributed by atoms with van der Waals surface area (Å²) in [5.74, 6) is 0.574. The number of aryl methyl sites for hydroxylation is 2. The maximum absolute atomic E-state index is 12.4. The van der Waals surface area contributed by atoms with Gasteiger partial charge in [-0.05, 0) is 52.6 Å². The van der Waals surface area contributed by atoms with Gasteiger partial charge < -0.3 is 5.73 Å². The second kappa shape index (κ2) is 6.23. The molecule has 4 nitrogen and oxygen atoms in total. The maximum atomic E-state index is 12.4. The highest BCUT2D eigenvalue weighted by Gasteiger charge is 2.43. The molecule has 3 N–H and O–H groups in total. The highest BCUT2D eigenvalue weighted by molar-refractivity contribution is 6.11. The van der Waals surface area contributed by atoms with Crippen LogP contribution in [-0.2, 0) is 17.6 Å². The first-order valence-corrected chi connectivity index (χ1v) is 9.44. The van der Waals surface area contributed by atoms with Gasteiger partial charge in [0.15, 0.2) is 5.84 Å². The van der Waals surface area contributed by atoms with E-state index in [4.69, 9.17) is 5.73 Å². The number of hydrogen-bond acceptors (Lipinski definition) is 2. The van der Waals surface area contributed by atoms with E-state index >= 15 is 0 Å². The third kappa shape index (κ3) is 2.78. The van der Waals surface area contributed by atoms with Crippen molar-refractivity contribution in [2.75, 3.05) is 0 Å². The van der Waals surface area contributed by atoms with E-state index in [-0.39, 0.29) is 11.8 Å². The zero-order valence-electron chi connectivity index (χ0n) is 15.0. The molecule has 1 saturated carbocycles. The lowest BCUT2D eigenvalue weighted by Gasteiger charge is -2.09. The summed E-state index contributed by atoms with van der Waals surface area (Å²) in [6.07, 6.45) is 3.02. The number of nitrogens with one attached hydrogen (secondary N) is 1. The van der Waals surface area contributed by atoms with Gasteiger partial charge in [0, 0.05) is 11.5 Å². The number of hydrogen-bond donors (Lipinski definition) is 2. The van der Waals surface area contributed by atoms with E-state index in [1.807, 2.05) is 24.3 Å². The summed E-state index contributed by atoms with van der Waals surface area (Å²) in [6, 6.07) is 20.6. The number of carbonyl (C=O) groups is 1. The first-order chi connectivity index (χ1) is 13.2. The van der Waals surface area contributed by atoms with Gasteiger partial charge in [-0.2, -0.15) is 5.10 Å². The maximum Gasteiger partial charge on any atom is 0.243 e. The summed E-state index contributed by atoms with van der Waals surface area (Å²) >= 11 is 0. The molecule has 134 valence electrons. The van der Waals surface area contributed by atoms with Gasteiger partial charge in [0.25, 0.3) is 0 Å². The third-order valence-corrected chi connectivity index (χ3v) is 5.79. The van der Waals surface area contributed by atoms with E-state index in [1.54, 1.807) is 0 Å². The highest BCUT2D eigenvalue weighted by atomic mass is 16.2. The summed E-state index contributed by atoms with van der Waals surface area (Å²) in [5, 5.41) is 6.62. The standard InChI is InChI=1S/C23H21N3O/c24-22(18-12-11-16-10-9-15-7-4-8-17(18)21(15)16)25-26-23(27)20-13-19(20)14-5-2-1-3-6-14/h1-8,11-12,19-20H,9-10,13H2,(H2,24,25)(H,26,27). The van der Waals surface area contributed by atoms with Gasteiger partial charge in [0.05, 0.1) is 0 Å². The number of benzene rings is 3. The van der Waals surface area contributed by atoms with Crippen LogP contribution in [0.2, 0.25) is 0 Å². The van der Waals surface area contributed by atoms with Crippen LogP contribution in [0.15, 0.2) is 65.8 Å². The number of rotatable bonds is 4. The third-order valence-electron chi connectivity index (χ3n) is 5.79. The molecule has 2 aliphatic carbocycles. The van der Waals surface area contributed by atoms with E-state index in [2.05, 4.69) is 46.9 Å². The molecule has 0 spiro atoms. The Morgan fingerprint density at radius 2 is 1.74 bits per heavy atom. The quantitative estimate of drug-likeness (QED) is 0.427. The van der Waals surface area contributed by atoms with Crippen molar-refractivity contribution >= 4 is 22.5 Å². The van der Waals surface area contributed by atoms with Gasteiger partial charge >= 0.3 is 0 Å². The molecule has 0 aliphatic heterocycles. The van der Waals surface area contributed by atoms with Crippen LogP contribution >= 0.6 is 0 Å². The summed E-state index contributed by atoms with van der Waals surface area (Å²) < 4.78 is 0.